The summed E-state index contributed by atoms with van der Waals surface area (Å²) in [6.07, 6.45) is 7.64. The highest BCUT2D eigenvalue weighted by molar-refractivity contribution is 5.79. The molecular formula is C18H26N2O. The fourth-order valence-electron chi connectivity index (χ4n) is 3.80. The van der Waals surface area contributed by atoms with Crippen LogP contribution < -0.4 is 11.1 Å². The number of amides is 1. The summed E-state index contributed by atoms with van der Waals surface area (Å²) in [5, 5.41) is 3.21. The fourth-order valence-corrected chi connectivity index (χ4v) is 3.80. The lowest BCUT2D eigenvalue weighted by molar-refractivity contribution is -0.125. The number of benzene rings is 1. The van der Waals surface area contributed by atoms with Gasteiger partial charge < -0.3 is 11.1 Å². The van der Waals surface area contributed by atoms with Gasteiger partial charge in [-0.15, -0.1) is 0 Å². The quantitative estimate of drug-likeness (QED) is 0.874. The van der Waals surface area contributed by atoms with Gasteiger partial charge in [0.2, 0.25) is 5.91 Å². The number of hydrogen-bond donors (Lipinski definition) is 2. The van der Waals surface area contributed by atoms with Gasteiger partial charge in [0, 0.05) is 18.5 Å². The molecule has 2 aliphatic rings. The van der Waals surface area contributed by atoms with E-state index in [1.165, 1.54) is 24.8 Å². The zero-order valence-corrected chi connectivity index (χ0v) is 12.7. The molecule has 3 N–H and O–H groups in total. The van der Waals surface area contributed by atoms with E-state index in [-0.39, 0.29) is 23.3 Å². The maximum atomic E-state index is 12.3. The molecule has 2 unspecified atom stereocenters. The lowest BCUT2D eigenvalue weighted by Gasteiger charge is -2.42. The van der Waals surface area contributed by atoms with E-state index >= 15 is 0 Å². The molecular weight excluding hydrogens is 260 g/mol. The molecule has 0 spiro atoms. The van der Waals surface area contributed by atoms with Gasteiger partial charge in [0.25, 0.3) is 0 Å². The zero-order chi connectivity index (χ0) is 14.7. The number of nitrogens with two attached hydrogens (primary N) is 1. The van der Waals surface area contributed by atoms with Gasteiger partial charge in [0.1, 0.15) is 0 Å². The molecule has 2 fully saturated rings. The van der Waals surface area contributed by atoms with Crippen LogP contribution in [0.4, 0.5) is 0 Å². The Balaban J connectivity index is 1.54. The molecule has 1 amide bonds. The van der Waals surface area contributed by atoms with Crippen molar-refractivity contribution in [3.63, 3.8) is 0 Å². The lowest BCUT2D eigenvalue weighted by Crippen LogP contribution is -2.45. The third-order valence-corrected chi connectivity index (χ3v) is 5.32. The third kappa shape index (κ3) is 3.46. The predicted molar refractivity (Wildman–Crippen MR) is 84.8 cm³/mol. The molecule has 0 heterocycles. The second kappa shape index (κ2) is 6.18. The van der Waals surface area contributed by atoms with Crippen LogP contribution in [0.5, 0.6) is 0 Å². The molecule has 1 aromatic carbocycles. The second-order valence-corrected chi connectivity index (χ2v) is 7.00. The minimum atomic E-state index is 0.147. The van der Waals surface area contributed by atoms with Gasteiger partial charge in [-0.1, -0.05) is 36.8 Å². The second-order valence-electron chi connectivity index (χ2n) is 7.00. The van der Waals surface area contributed by atoms with Crippen molar-refractivity contribution >= 4 is 5.91 Å². The largest absolute Gasteiger partial charge is 0.355 e. The van der Waals surface area contributed by atoms with E-state index in [9.17, 15) is 4.79 Å². The van der Waals surface area contributed by atoms with Crippen molar-refractivity contribution in [2.24, 2.45) is 17.1 Å². The van der Waals surface area contributed by atoms with Crippen molar-refractivity contribution in [1.82, 2.24) is 5.32 Å². The molecule has 3 heteroatoms. The Morgan fingerprint density at radius 1 is 1.24 bits per heavy atom. The van der Waals surface area contributed by atoms with Crippen molar-refractivity contribution in [3.8, 4) is 0 Å². The fraction of sp³-hybridized carbons (Fsp3) is 0.611. The average molecular weight is 286 g/mol. The molecule has 0 radical (unpaired) electrons. The summed E-state index contributed by atoms with van der Waals surface area (Å²) in [5.74, 6) is 0.371. The van der Waals surface area contributed by atoms with E-state index in [4.69, 9.17) is 5.73 Å². The number of hydrogen-bond acceptors (Lipinski definition) is 2. The molecule has 0 bridgehead atoms. The van der Waals surface area contributed by atoms with Gasteiger partial charge in [0.15, 0.2) is 0 Å². The van der Waals surface area contributed by atoms with Crippen molar-refractivity contribution in [2.75, 3.05) is 6.54 Å². The summed E-state index contributed by atoms with van der Waals surface area (Å²) < 4.78 is 0. The lowest BCUT2D eigenvalue weighted by atomic mass is 9.65. The summed E-state index contributed by atoms with van der Waals surface area (Å²) in [6, 6.07) is 10.9. The minimum absolute atomic E-state index is 0.147. The van der Waals surface area contributed by atoms with Crippen LogP contribution in [0, 0.1) is 11.3 Å². The predicted octanol–water partition coefficient (Wildman–Crippen LogP) is 2.64. The highest BCUT2D eigenvalue weighted by Gasteiger charge is 2.38. The topological polar surface area (TPSA) is 55.1 Å². The maximum Gasteiger partial charge on any atom is 0.223 e. The highest BCUT2D eigenvalue weighted by atomic mass is 16.1. The maximum absolute atomic E-state index is 12.3. The van der Waals surface area contributed by atoms with Crippen LogP contribution in [0.3, 0.4) is 0 Å². The molecule has 3 nitrogen and oxygen atoms in total. The zero-order valence-electron chi connectivity index (χ0n) is 12.7. The Morgan fingerprint density at radius 2 is 2.00 bits per heavy atom. The summed E-state index contributed by atoms with van der Waals surface area (Å²) in [4.78, 5) is 12.3. The molecule has 3 rings (SSSR count). The van der Waals surface area contributed by atoms with Crippen LogP contribution in [0.25, 0.3) is 0 Å². The Labute approximate surface area is 127 Å². The van der Waals surface area contributed by atoms with E-state index in [0.717, 1.165) is 32.2 Å². The van der Waals surface area contributed by atoms with Crippen LogP contribution in [0.15, 0.2) is 30.3 Å². The smallest absolute Gasteiger partial charge is 0.223 e. The van der Waals surface area contributed by atoms with E-state index in [2.05, 4.69) is 35.6 Å². The molecule has 0 aliphatic heterocycles. The summed E-state index contributed by atoms with van der Waals surface area (Å²) in [7, 11) is 0. The molecule has 21 heavy (non-hydrogen) atoms. The first-order valence-electron chi connectivity index (χ1n) is 8.24. The third-order valence-electron chi connectivity index (χ3n) is 5.32. The first kappa shape index (κ1) is 14.6. The summed E-state index contributed by atoms with van der Waals surface area (Å²) in [6.45, 7) is 0.826. The number of carbonyl (C=O) groups excluding carboxylic acids is 1. The first-order valence-corrected chi connectivity index (χ1v) is 8.24. The molecule has 2 atom stereocenters. The highest BCUT2D eigenvalue weighted by Crippen LogP contribution is 2.43. The van der Waals surface area contributed by atoms with E-state index < -0.39 is 0 Å². The van der Waals surface area contributed by atoms with E-state index in [1.807, 2.05) is 0 Å². The van der Waals surface area contributed by atoms with Gasteiger partial charge in [0.05, 0.1) is 0 Å². The van der Waals surface area contributed by atoms with Gasteiger partial charge in [-0.05, 0) is 49.5 Å². The normalized spacial score (nSPS) is 27.1. The van der Waals surface area contributed by atoms with Gasteiger partial charge in [-0.3, -0.25) is 4.79 Å². The molecule has 114 valence electrons. The van der Waals surface area contributed by atoms with Crippen LogP contribution in [-0.4, -0.2) is 18.5 Å². The number of nitrogens with one attached hydrogen (secondary N) is 1. The summed E-state index contributed by atoms with van der Waals surface area (Å²) in [5.41, 5.74) is 7.58. The van der Waals surface area contributed by atoms with Crippen molar-refractivity contribution in [3.05, 3.63) is 35.9 Å². The van der Waals surface area contributed by atoms with Crippen molar-refractivity contribution in [1.29, 1.82) is 0 Å². The Kier molecular flexibility index (Phi) is 4.29. The number of rotatable bonds is 5. The minimum Gasteiger partial charge on any atom is -0.355 e. The van der Waals surface area contributed by atoms with E-state index in [0.29, 0.717) is 0 Å². The van der Waals surface area contributed by atoms with Gasteiger partial charge >= 0.3 is 0 Å². The van der Waals surface area contributed by atoms with Gasteiger partial charge in [-0.2, -0.15) is 0 Å². The van der Waals surface area contributed by atoms with Crippen LogP contribution in [0.2, 0.25) is 0 Å². The Bertz CT molecular complexity index is 481. The molecule has 2 saturated carbocycles. The van der Waals surface area contributed by atoms with Crippen molar-refractivity contribution < 1.29 is 4.79 Å². The van der Waals surface area contributed by atoms with E-state index in [1.54, 1.807) is 0 Å². The standard InChI is InChI=1S/C18H26N2O/c19-16-8-7-15(11-16)17(21)20-13-18(9-4-10-18)12-14-5-2-1-3-6-14/h1-3,5-6,15-16H,4,7-13,19H2,(H,20,21). The molecule has 0 aromatic heterocycles. The number of carbonyl (C=O) groups is 1. The SMILES string of the molecule is NC1CCC(C(=O)NCC2(Cc3ccccc3)CCC2)C1. The van der Waals surface area contributed by atoms with Crippen molar-refractivity contribution in [2.45, 2.75) is 51.0 Å². The van der Waals surface area contributed by atoms with Crippen LogP contribution >= 0.6 is 0 Å². The average Bonchev–Trinajstić information content (AvgIpc) is 2.89. The molecule has 0 saturated heterocycles. The molecule has 2 aliphatic carbocycles. The Hall–Kier alpha value is -1.35. The van der Waals surface area contributed by atoms with Crippen LogP contribution in [0.1, 0.15) is 44.1 Å². The first-order chi connectivity index (χ1) is 10.2. The Morgan fingerprint density at radius 3 is 2.57 bits per heavy atom. The van der Waals surface area contributed by atoms with Gasteiger partial charge in [-0.25, -0.2) is 0 Å². The monoisotopic (exact) mass is 286 g/mol. The molecule has 1 aromatic rings. The van der Waals surface area contributed by atoms with Crippen LogP contribution in [-0.2, 0) is 11.2 Å². The summed E-state index contributed by atoms with van der Waals surface area (Å²) >= 11 is 0.